The first-order valence-electron chi connectivity index (χ1n) is 10.7. The molecular weight excluding hydrogens is 501 g/mol. The summed E-state index contributed by atoms with van der Waals surface area (Å²) in [5.41, 5.74) is 0.864. The Kier molecular flexibility index (Phi) is 5.97. The lowest BCUT2D eigenvalue weighted by Crippen LogP contribution is -2.21. The summed E-state index contributed by atoms with van der Waals surface area (Å²) in [4.78, 5) is 21.6. The van der Waals surface area contributed by atoms with Crippen molar-refractivity contribution in [2.75, 3.05) is 6.61 Å². The van der Waals surface area contributed by atoms with Crippen molar-refractivity contribution in [1.82, 2.24) is 24.3 Å². The second kappa shape index (κ2) is 9.15. The summed E-state index contributed by atoms with van der Waals surface area (Å²) in [6.07, 6.45) is -3.33. The average Bonchev–Trinajstić information content (AvgIpc) is 3.21. The number of hydrogen-bond donors (Lipinski definition) is 0. The summed E-state index contributed by atoms with van der Waals surface area (Å²) < 4.78 is 74.8. The Bertz CT molecular complexity index is 1660. The van der Waals surface area contributed by atoms with Gasteiger partial charge in [0.05, 0.1) is 16.6 Å². The largest absolute Gasteiger partial charge is 0.574 e. The SMILES string of the molecule is Cn1cc2cc(-n3cc4ccc(OCC(F)F)nc4c(-c4ccc(OC(F)(F)F)nc4)c3=O)ccc2n1. The van der Waals surface area contributed by atoms with Crippen LogP contribution in [0.25, 0.3) is 38.6 Å². The second-order valence-electron chi connectivity index (χ2n) is 7.95. The van der Waals surface area contributed by atoms with Crippen LogP contribution in [-0.4, -0.2) is 43.7 Å². The molecule has 13 heteroatoms. The fourth-order valence-corrected chi connectivity index (χ4v) is 3.85. The molecule has 0 aliphatic rings. The minimum absolute atomic E-state index is 0.0164. The first-order valence-corrected chi connectivity index (χ1v) is 10.7. The Morgan fingerprint density at radius 1 is 1.00 bits per heavy atom. The molecule has 5 aromatic rings. The molecule has 0 saturated heterocycles. The number of aromatic nitrogens is 5. The number of alkyl halides is 5. The monoisotopic (exact) mass is 517 g/mol. The van der Waals surface area contributed by atoms with Gasteiger partial charge in [-0.2, -0.15) is 5.10 Å². The molecule has 0 N–H and O–H groups in total. The van der Waals surface area contributed by atoms with Crippen LogP contribution in [0.2, 0.25) is 0 Å². The molecule has 0 amide bonds. The molecule has 4 heterocycles. The number of ether oxygens (including phenoxy) is 2. The van der Waals surface area contributed by atoms with Crippen molar-refractivity contribution in [2.45, 2.75) is 12.8 Å². The van der Waals surface area contributed by atoms with E-state index in [1.807, 2.05) is 0 Å². The van der Waals surface area contributed by atoms with Crippen molar-refractivity contribution >= 4 is 21.8 Å². The van der Waals surface area contributed by atoms with Crippen molar-refractivity contribution in [3.63, 3.8) is 0 Å². The van der Waals surface area contributed by atoms with E-state index in [0.717, 1.165) is 17.6 Å². The fourth-order valence-electron chi connectivity index (χ4n) is 3.85. The highest BCUT2D eigenvalue weighted by atomic mass is 19.4. The van der Waals surface area contributed by atoms with Crippen molar-refractivity contribution in [1.29, 1.82) is 0 Å². The first kappa shape index (κ1) is 24.2. The summed E-state index contributed by atoms with van der Waals surface area (Å²) >= 11 is 0. The van der Waals surface area contributed by atoms with Gasteiger partial charge in [0.25, 0.3) is 12.0 Å². The number of benzene rings is 1. The van der Waals surface area contributed by atoms with Gasteiger partial charge in [-0.15, -0.1) is 13.2 Å². The van der Waals surface area contributed by atoms with Gasteiger partial charge < -0.3 is 9.47 Å². The molecule has 0 aliphatic carbocycles. The summed E-state index contributed by atoms with van der Waals surface area (Å²) in [5, 5.41) is 5.53. The molecule has 0 radical (unpaired) electrons. The number of nitrogens with zero attached hydrogens (tertiary/aromatic N) is 5. The molecule has 0 unspecified atom stereocenters. The topological polar surface area (TPSA) is 84.1 Å². The first-order chi connectivity index (χ1) is 17.6. The van der Waals surface area contributed by atoms with Crippen LogP contribution in [-0.2, 0) is 7.05 Å². The minimum Gasteiger partial charge on any atom is -0.472 e. The average molecular weight is 517 g/mol. The summed E-state index contributed by atoms with van der Waals surface area (Å²) in [7, 11) is 1.76. The van der Waals surface area contributed by atoms with E-state index in [4.69, 9.17) is 4.74 Å². The third-order valence-electron chi connectivity index (χ3n) is 5.32. The molecule has 0 saturated carbocycles. The van der Waals surface area contributed by atoms with Gasteiger partial charge in [-0.05, 0) is 30.3 Å². The van der Waals surface area contributed by atoms with E-state index in [9.17, 15) is 26.7 Å². The van der Waals surface area contributed by atoms with Crippen LogP contribution in [0.3, 0.4) is 0 Å². The zero-order valence-corrected chi connectivity index (χ0v) is 18.9. The highest BCUT2D eigenvalue weighted by molar-refractivity contribution is 5.93. The maximum absolute atomic E-state index is 13.7. The standard InChI is InChI=1S/C24H16F5N5O3/c1-33-10-15-8-16(4-5-17(15)32-33)34-11-14-3-7-20(36-12-18(25)26)31-22(14)21(23(34)35)13-2-6-19(30-9-13)37-24(27,28)29/h2-11,18H,12H2,1H3. The number of fused-ring (bicyclic) bond motifs is 2. The molecule has 0 fully saturated rings. The van der Waals surface area contributed by atoms with Gasteiger partial charge >= 0.3 is 6.36 Å². The van der Waals surface area contributed by atoms with Crippen molar-refractivity contribution < 1.29 is 31.4 Å². The Balaban J connectivity index is 1.69. The molecule has 37 heavy (non-hydrogen) atoms. The second-order valence-corrected chi connectivity index (χ2v) is 7.95. The van der Waals surface area contributed by atoms with Gasteiger partial charge in [0.1, 0.15) is 0 Å². The summed E-state index contributed by atoms with van der Waals surface area (Å²) in [5.74, 6) is -0.860. The maximum Gasteiger partial charge on any atom is 0.574 e. The Morgan fingerprint density at radius 3 is 2.49 bits per heavy atom. The molecule has 4 aromatic heterocycles. The van der Waals surface area contributed by atoms with E-state index in [0.29, 0.717) is 16.6 Å². The molecule has 1 aromatic carbocycles. The molecule has 5 rings (SSSR count). The Hall–Kier alpha value is -4.55. The third kappa shape index (κ3) is 5.06. The van der Waals surface area contributed by atoms with E-state index < -0.39 is 30.8 Å². The molecule has 0 spiro atoms. The van der Waals surface area contributed by atoms with Gasteiger partial charge in [0, 0.05) is 59.8 Å². The van der Waals surface area contributed by atoms with Gasteiger partial charge in [0.15, 0.2) is 6.61 Å². The van der Waals surface area contributed by atoms with Crippen molar-refractivity contribution in [2.24, 2.45) is 7.05 Å². The number of pyridine rings is 3. The smallest absolute Gasteiger partial charge is 0.472 e. The summed E-state index contributed by atoms with van der Waals surface area (Å²) in [6, 6.07) is 10.3. The molecule has 8 nitrogen and oxygen atoms in total. The normalized spacial score (nSPS) is 12.0. The van der Waals surface area contributed by atoms with E-state index in [2.05, 4.69) is 19.8 Å². The van der Waals surface area contributed by atoms with Gasteiger partial charge in [-0.3, -0.25) is 14.0 Å². The van der Waals surface area contributed by atoms with Crippen LogP contribution >= 0.6 is 0 Å². The van der Waals surface area contributed by atoms with Crippen LogP contribution in [0.4, 0.5) is 22.0 Å². The van der Waals surface area contributed by atoms with Crippen LogP contribution < -0.4 is 15.0 Å². The molecule has 0 aliphatic heterocycles. The predicted octanol–water partition coefficient (Wildman–Crippen LogP) is 4.88. The van der Waals surface area contributed by atoms with E-state index in [-0.39, 0.29) is 22.5 Å². The van der Waals surface area contributed by atoms with Gasteiger partial charge in [-0.25, -0.2) is 18.7 Å². The number of aryl methyl sites for hydroxylation is 1. The van der Waals surface area contributed by atoms with E-state index in [1.165, 1.54) is 22.9 Å². The zero-order chi connectivity index (χ0) is 26.3. The van der Waals surface area contributed by atoms with Gasteiger partial charge in [0.2, 0.25) is 11.8 Å². The molecular formula is C24H16F5N5O3. The van der Waals surface area contributed by atoms with Crippen LogP contribution in [0.15, 0.2) is 65.8 Å². The lowest BCUT2D eigenvalue weighted by molar-refractivity contribution is -0.276. The molecule has 190 valence electrons. The fraction of sp³-hybridized carbons (Fsp3) is 0.167. The number of hydrogen-bond acceptors (Lipinski definition) is 6. The predicted molar refractivity (Wildman–Crippen MR) is 123 cm³/mol. The Morgan fingerprint density at radius 2 is 1.78 bits per heavy atom. The van der Waals surface area contributed by atoms with Crippen molar-refractivity contribution in [3.8, 4) is 28.6 Å². The van der Waals surface area contributed by atoms with Crippen molar-refractivity contribution in [3.05, 3.63) is 71.4 Å². The lowest BCUT2D eigenvalue weighted by atomic mass is 10.1. The minimum atomic E-state index is -4.94. The lowest BCUT2D eigenvalue weighted by Gasteiger charge is -2.14. The van der Waals surface area contributed by atoms with Crippen LogP contribution in [0, 0.1) is 0 Å². The van der Waals surface area contributed by atoms with E-state index >= 15 is 0 Å². The summed E-state index contributed by atoms with van der Waals surface area (Å²) in [6.45, 7) is -0.902. The van der Waals surface area contributed by atoms with Crippen LogP contribution in [0.5, 0.6) is 11.8 Å². The molecule has 0 atom stereocenters. The third-order valence-corrected chi connectivity index (χ3v) is 5.32. The Labute approximate surface area is 204 Å². The highest BCUT2D eigenvalue weighted by Crippen LogP contribution is 2.29. The van der Waals surface area contributed by atoms with Gasteiger partial charge in [-0.1, -0.05) is 0 Å². The van der Waals surface area contributed by atoms with Crippen LogP contribution in [0.1, 0.15) is 0 Å². The highest BCUT2D eigenvalue weighted by Gasteiger charge is 2.31. The number of rotatable bonds is 6. The molecule has 0 bridgehead atoms. The quantitative estimate of drug-likeness (QED) is 0.299. The van der Waals surface area contributed by atoms with E-state index in [1.54, 1.807) is 42.2 Å². The maximum atomic E-state index is 13.7. The zero-order valence-electron chi connectivity index (χ0n) is 18.9. The number of halogens is 5.